The molecule has 1 aromatic rings. The second-order valence-electron chi connectivity index (χ2n) is 5.09. The Bertz CT molecular complexity index is 370. The topological polar surface area (TPSA) is 21.3 Å². The molecule has 0 radical (unpaired) electrons. The van der Waals surface area contributed by atoms with Gasteiger partial charge in [0.1, 0.15) is 5.75 Å². The van der Waals surface area contributed by atoms with Crippen LogP contribution in [0.15, 0.2) is 12.1 Å². The zero-order chi connectivity index (χ0) is 13.5. The second-order valence-corrected chi connectivity index (χ2v) is 5.09. The van der Waals surface area contributed by atoms with Gasteiger partial charge < -0.3 is 10.1 Å². The van der Waals surface area contributed by atoms with Gasteiger partial charge in [-0.15, -0.1) is 0 Å². The summed E-state index contributed by atoms with van der Waals surface area (Å²) < 4.78 is 5.91. The molecular weight excluding hydrogens is 222 g/mol. The first-order valence-electron chi connectivity index (χ1n) is 6.96. The van der Waals surface area contributed by atoms with Crippen molar-refractivity contribution in [2.24, 2.45) is 0 Å². The molecule has 0 heterocycles. The van der Waals surface area contributed by atoms with Gasteiger partial charge in [-0.25, -0.2) is 0 Å². The zero-order valence-electron chi connectivity index (χ0n) is 12.5. The molecule has 0 bridgehead atoms. The number of hydrogen-bond acceptors (Lipinski definition) is 2. The van der Waals surface area contributed by atoms with Crippen LogP contribution in [0.1, 0.15) is 42.9 Å². The summed E-state index contributed by atoms with van der Waals surface area (Å²) in [5, 5.41) is 3.32. The molecule has 0 aliphatic heterocycles. The number of aryl methyl sites for hydroxylation is 2. The highest BCUT2D eigenvalue weighted by atomic mass is 16.5. The quantitative estimate of drug-likeness (QED) is 0.743. The molecule has 0 saturated carbocycles. The van der Waals surface area contributed by atoms with Crippen LogP contribution in [0.3, 0.4) is 0 Å². The lowest BCUT2D eigenvalue weighted by Gasteiger charge is -2.15. The maximum absolute atomic E-state index is 5.91. The average Bonchev–Trinajstić information content (AvgIpc) is 2.35. The minimum Gasteiger partial charge on any atom is -0.493 e. The molecule has 0 aliphatic rings. The summed E-state index contributed by atoms with van der Waals surface area (Å²) in [6, 6.07) is 4.96. The molecule has 1 unspecified atom stereocenters. The lowest BCUT2D eigenvalue weighted by atomic mass is 10.1. The zero-order valence-corrected chi connectivity index (χ0v) is 12.5. The van der Waals surface area contributed by atoms with Crippen LogP contribution in [0.2, 0.25) is 0 Å². The summed E-state index contributed by atoms with van der Waals surface area (Å²) in [6.45, 7) is 9.42. The van der Waals surface area contributed by atoms with Crippen LogP contribution < -0.4 is 10.1 Å². The van der Waals surface area contributed by atoms with Crippen molar-refractivity contribution >= 4 is 0 Å². The highest BCUT2D eigenvalue weighted by Gasteiger charge is 2.05. The summed E-state index contributed by atoms with van der Waals surface area (Å²) >= 11 is 0. The largest absolute Gasteiger partial charge is 0.493 e. The number of hydrogen-bond donors (Lipinski definition) is 1. The van der Waals surface area contributed by atoms with Gasteiger partial charge in [0.15, 0.2) is 0 Å². The second kappa shape index (κ2) is 7.42. The lowest BCUT2D eigenvalue weighted by Crippen LogP contribution is -2.24. The Hall–Kier alpha value is -1.02. The van der Waals surface area contributed by atoms with Gasteiger partial charge in [0, 0.05) is 6.04 Å². The molecule has 0 aliphatic carbocycles. The van der Waals surface area contributed by atoms with Crippen molar-refractivity contribution in [1.82, 2.24) is 5.32 Å². The number of benzene rings is 1. The van der Waals surface area contributed by atoms with Gasteiger partial charge in [-0.05, 0) is 69.8 Å². The molecule has 0 aromatic heterocycles. The van der Waals surface area contributed by atoms with Crippen LogP contribution >= 0.6 is 0 Å². The highest BCUT2D eigenvalue weighted by molar-refractivity contribution is 5.41. The molecule has 18 heavy (non-hydrogen) atoms. The predicted molar refractivity (Wildman–Crippen MR) is 78.5 cm³/mol. The minimum absolute atomic E-state index is 0.619. The standard InChI is InChI=1S/C16H27NO/c1-6-15(17-5)8-7-9-18-16-11-12(2)10-13(3)14(16)4/h10-11,15,17H,6-9H2,1-5H3. The maximum atomic E-state index is 5.91. The number of rotatable bonds is 7. The summed E-state index contributed by atoms with van der Waals surface area (Å²) in [4.78, 5) is 0. The molecule has 102 valence electrons. The summed E-state index contributed by atoms with van der Waals surface area (Å²) in [7, 11) is 2.03. The predicted octanol–water partition coefficient (Wildman–Crippen LogP) is 3.77. The molecule has 0 fully saturated rings. The van der Waals surface area contributed by atoms with Gasteiger partial charge in [-0.2, -0.15) is 0 Å². The van der Waals surface area contributed by atoms with Gasteiger partial charge in [0.25, 0.3) is 0 Å². The van der Waals surface area contributed by atoms with Crippen molar-refractivity contribution < 1.29 is 4.74 Å². The van der Waals surface area contributed by atoms with Gasteiger partial charge in [0.05, 0.1) is 6.61 Å². The molecule has 1 rings (SSSR count). The Labute approximate surface area is 112 Å². The summed E-state index contributed by atoms with van der Waals surface area (Å²) in [6.07, 6.45) is 3.46. The van der Waals surface area contributed by atoms with Crippen molar-refractivity contribution in [2.75, 3.05) is 13.7 Å². The fourth-order valence-corrected chi connectivity index (χ4v) is 2.22. The number of nitrogens with one attached hydrogen (secondary N) is 1. The van der Waals surface area contributed by atoms with Crippen molar-refractivity contribution in [1.29, 1.82) is 0 Å². The van der Waals surface area contributed by atoms with Crippen molar-refractivity contribution in [2.45, 2.75) is 53.0 Å². The summed E-state index contributed by atoms with van der Waals surface area (Å²) in [5.41, 5.74) is 3.85. The molecule has 0 saturated heterocycles. The van der Waals surface area contributed by atoms with Crippen LogP contribution in [0, 0.1) is 20.8 Å². The van der Waals surface area contributed by atoms with E-state index < -0.39 is 0 Å². The van der Waals surface area contributed by atoms with Crippen LogP contribution in [0.4, 0.5) is 0 Å². The third-order valence-corrected chi connectivity index (χ3v) is 3.62. The van der Waals surface area contributed by atoms with Gasteiger partial charge in [-0.3, -0.25) is 0 Å². The fraction of sp³-hybridized carbons (Fsp3) is 0.625. The number of ether oxygens (including phenoxy) is 1. The van der Waals surface area contributed by atoms with E-state index in [0.29, 0.717) is 6.04 Å². The normalized spacial score (nSPS) is 12.5. The van der Waals surface area contributed by atoms with Crippen molar-refractivity contribution in [3.8, 4) is 5.75 Å². The van der Waals surface area contributed by atoms with Crippen LogP contribution in [0.25, 0.3) is 0 Å². The van der Waals surface area contributed by atoms with Gasteiger partial charge in [-0.1, -0.05) is 13.0 Å². The maximum Gasteiger partial charge on any atom is 0.122 e. The highest BCUT2D eigenvalue weighted by Crippen LogP contribution is 2.23. The van der Waals surface area contributed by atoms with E-state index in [-0.39, 0.29) is 0 Å². The SMILES string of the molecule is CCC(CCCOc1cc(C)cc(C)c1C)NC. The third kappa shape index (κ3) is 4.34. The van der Waals surface area contributed by atoms with E-state index in [9.17, 15) is 0 Å². The van der Waals surface area contributed by atoms with Crippen LogP contribution in [-0.4, -0.2) is 19.7 Å². The Morgan fingerprint density at radius 3 is 2.56 bits per heavy atom. The minimum atomic E-state index is 0.619. The molecular formula is C16H27NO. The van der Waals surface area contributed by atoms with Crippen molar-refractivity contribution in [3.63, 3.8) is 0 Å². The molecule has 0 amide bonds. The molecule has 1 N–H and O–H groups in total. The van der Waals surface area contributed by atoms with E-state index in [2.05, 4.69) is 45.1 Å². The van der Waals surface area contributed by atoms with E-state index in [1.807, 2.05) is 7.05 Å². The first kappa shape index (κ1) is 15.0. The molecule has 0 spiro atoms. The van der Waals surface area contributed by atoms with Crippen LogP contribution in [0.5, 0.6) is 5.75 Å². The van der Waals surface area contributed by atoms with E-state index >= 15 is 0 Å². The van der Waals surface area contributed by atoms with Gasteiger partial charge in [0.2, 0.25) is 0 Å². The van der Waals surface area contributed by atoms with E-state index in [4.69, 9.17) is 4.74 Å². The molecule has 1 atom stereocenters. The van der Waals surface area contributed by atoms with E-state index in [0.717, 1.165) is 18.8 Å². The monoisotopic (exact) mass is 249 g/mol. The Morgan fingerprint density at radius 2 is 1.94 bits per heavy atom. The molecule has 2 nitrogen and oxygen atoms in total. The van der Waals surface area contributed by atoms with E-state index in [1.54, 1.807) is 0 Å². The van der Waals surface area contributed by atoms with Crippen molar-refractivity contribution in [3.05, 3.63) is 28.8 Å². The lowest BCUT2D eigenvalue weighted by molar-refractivity contribution is 0.294. The third-order valence-electron chi connectivity index (χ3n) is 3.62. The first-order valence-corrected chi connectivity index (χ1v) is 6.96. The first-order chi connectivity index (χ1) is 8.58. The van der Waals surface area contributed by atoms with Crippen LogP contribution in [-0.2, 0) is 0 Å². The molecule has 2 heteroatoms. The molecule has 1 aromatic carbocycles. The average molecular weight is 249 g/mol. The summed E-state index contributed by atoms with van der Waals surface area (Å²) in [5.74, 6) is 1.05. The Balaban J connectivity index is 2.44. The smallest absolute Gasteiger partial charge is 0.122 e. The van der Waals surface area contributed by atoms with E-state index in [1.165, 1.54) is 29.5 Å². The Morgan fingerprint density at radius 1 is 1.22 bits per heavy atom. The Kier molecular flexibility index (Phi) is 6.20. The fourth-order valence-electron chi connectivity index (χ4n) is 2.22. The van der Waals surface area contributed by atoms with Gasteiger partial charge >= 0.3 is 0 Å².